The highest BCUT2D eigenvalue weighted by molar-refractivity contribution is 5.88. The maximum absolute atomic E-state index is 13.6. The van der Waals surface area contributed by atoms with E-state index in [1.807, 2.05) is 0 Å². The van der Waals surface area contributed by atoms with Crippen LogP contribution in [0.4, 0.5) is 0 Å². The van der Waals surface area contributed by atoms with E-state index in [0.29, 0.717) is 0 Å². The Morgan fingerprint density at radius 3 is 2.12 bits per heavy atom. The van der Waals surface area contributed by atoms with Gasteiger partial charge in [0.05, 0.1) is 12.7 Å². The Bertz CT molecular complexity index is 1540. The molecule has 0 spiro atoms. The third-order valence-corrected chi connectivity index (χ3v) is 7.29. The predicted molar refractivity (Wildman–Crippen MR) is 140 cm³/mol. The maximum atomic E-state index is 13.6. The number of ether oxygens (including phenoxy) is 4. The molecule has 43 heavy (non-hydrogen) atoms. The van der Waals surface area contributed by atoms with Gasteiger partial charge in [0.15, 0.2) is 23.5 Å². The van der Waals surface area contributed by atoms with Gasteiger partial charge in [0, 0.05) is 17.7 Å². The summed E-state index contributed by atoms with van der Waals surface area (Å²) < 4.78 is 27.8. The normalized spacial score (nSPS) is 33.0. The molecule has 0 saturated carbocycles. The highest BCUT2D eigenvalue weighted by atomic mass is 16.7. The number of phenols is 4. The summed E-state index contributed by atoms with van der Waals surface area (Å²) >= 11 is 0. The van der Waals surface area contributed by atoms with Crippen molar-refractivity contribution in [2.24, 2.45) is 0 Å². The highest BCUT2D eigenvalue weighted by Gasteiger charge is 2.47. The van der Waals surface area contributed by atoms with Gasteiger partial charge in [-0.25, -0.2) is 0 Å². The summed E-state index contributed by atoms with van der Waals surface area (Å²) in [5.41, 5.74) is -1.35. The third kappa shape index (κ3) is 5.67. The maximum Gasteiger partial charge on any atom is 0.239 e. The first kappa shape index (κ1) is 30.7. The van der Waals surface area contributed by atoms with E-state index >= 15 is 0 Å². The molecule has 2 fully saturated rings. The summed E-state index contributed by atoms with van der Waals surface area (Å²) in [6, 6.07) is 5.24. The summed E-state index contributed by atoms with van der Waals surface area (Å²) in [5.74, 6) is -3.33. The number of phenolic OH excluding ortho intramolecular Hbond substituents is 4. The van der Waals surface area contributed by atoms with Crippen molar-refractivity contribution >= 4 is 11.0 Å². The first-order valence-corrected chi connectivity index (χ1v) is 13.0. The van der Waals surface area contributed by atoms with Crippen molar-refractivity contribution in [3.63, 3.8) is 0 Å². The molecule has 10 atom stereocenters. The molecule has 2 aliphatic heterocycles. The summed E-state index contributed by atoms with van der Waals surface area (Å²) in [4.78, 5) is 13.6. The van der Waals surface area contributed by atoms with Gasteiger partial charge in [0.2, 0.25) is 17.5 Å². The smallest absolute Gasteiger partial charge is 0.239 e. The second-order valence-electron chi connectivity index (χ2n) is 10.3. The largest absolute Gasteiger partial charge is 0.508 e. The first-order valence-electron chi connectivity index (χ1n) is 13.0. The Kier molecular flexibility index (Phi) is 8.41. The number of rotatable bonds is 6. The molecule has 3 aromatic rings. The van der Waals surface area contributed by atoms with Gasteiger partial charge in [0.1, 0.15) is 65.2 Å². The van der Waals surface area contributed by atoms with E-state index in [1.165, 1.54) is 13.0 Å². The Labute approximate surface area is 241 Å². The Hall–Kier alpha value is -3.71. The lowest BCUT2D eigenvalue weighted by Crippen LogP contribution is -2.61. The van der Waals surface area contributed by atoms with Gasteiger partial charge in [-0.3, -0.25) is 4.79 Å². The van der Waals surface area contributed by atoms with Crippen LogP contribution in [-0.4, -0.2) is 119 Å². The molecule has 2 saturated heterocycles. The van der Waals surface area contributed by atoms with Crippen LogP contribution >= 0.6 is 0 Å². The lowest BCUT2D eigenvalue weighted by atomic mass is 9.98. The number of fused-ring (bicyclic) bond motifs is 1. The van der Waals surface area contributed by atoms with Crippen LogP contribution in [0.25, 0.3) is 22.3 Å². The van der Waals surface area contributed by atoms with Gasteiger partial charge in [0.25, 0.3) is 0 Å². The van der Waals surface area contributed by atoms with Crippen LogP contribution in [-0.2, 0) is 14.2 Å². The number of aromatic hydroxyl groups is 4. The predicted octanol–water partition coefficient (Wildman–Crippen LogP) is -1.69. The minimum absolute atomic E-state index is 0.0313. The molecule has 16 nitrogen and oxygen atoms in total. The van der Waals surface area contributed by atoms with Crippen molar-refractivity contribution in [1.82, 2.24) is 0 Å². The van der Waals surface area contributed by atoms with Crippen molar-refractivity contribution in [3.8, 4) is 40.1 Å². The number of benzene rings is 2. The van der Waals surface area contributed by atoms with Crippen molar-refractivity contribution in [3.05, 3.63) is 40.6 Å². The Morgan fingerprint density at radius 2 is 1.42 bits per heavy atom. The lowest BCUT2D eigenvalue weighted by Gasteiger charge is -2.42. The molecule has 2 aliphatic rings. The van der Waals surface area contributed by atoms with E-state index in [4.69, 9.17) is 23.4 Å². The standard InChI is InChI=1S/C27H30O16/c1-8-17(32)20(35)22(37)26(40-8)39-7-15-18(33)21(36)23(38)27(42-15)43-25-19(34)16-13(31)5-10(28)6-14(16)41-24(25)9-2-3-11(29)12(30)4-9/h2-6,8,15,17-18,20-23,26-33,35-38H,7H2,1H3/t8-,15-,17+,18+,20+,21+,22+,23+,26+,27-/m0/s1. The second-order valence-corrected chi connectivity index (χ2v) is 10.3. The molecular weight excluding hydrogens is 580 g/mol. The number of hydrogen-bond donors (Lipinski definition) is 10. The molecule has 0 bridgehead atoms. The van der Waals surface area contributed by atoms with Gasteiger partial charge in [-0.2, -0.15) is 0 Å². The molecule has 2 aromatic carbocycles. The van der Waals surface area contributed by atoms with Gasteiger partial charge in [-0.05, 0) is 25.1 Å². The second kappa shape index (κ2) is 11.8. The molecule has 10 N–H and O–H groups in total. The SMILES string of the molecule is C[C@@H]1O[C@@H](OC[C@@H]2O[C@@H](Oc3c(-c4ccc(O)c(O)c4)oc4cc(O)cc(O)c4c3=O)[C@H](O)[C@H](O)[C@@H]2O)[C@H](O)[C@H](O)[C@@H]1O. The summed E-state index contributed by atoms with van der Waals surface area (Å²) in [7, 11) is 0. The number of hydrogen-bond acceptors (Lipinski definition) is 16. The molecule has 234 valence electrons. The fraction of sp³-hybridized carbons (Fsp3) is 0.444. The Balaban J connectivity index is 1.48. The molecule has 5 rings (SSSR count). The summed E-state index contributed by atoms with van der Waals surface area (Å²) in [6.45, 7) is 0.818. The van der Waals surface area contributed by atoms with Crippen LogP contribution < -0.4 is 10.2 Å². The monoisotopic (exact) mass is 610 g/mol. The van der Waals surface area contributed by atoms with Crippen LogP contribution in [0.15, 0.2) is 39.5 Å². The molecule has 0 unspecified atom stereocenters. The van der Waals surface area contributed by atoms with Crippen LogP contribution in [0.3, 0.4) is 0 Å². The molecule has 3 heterocycles. The average Bonchev–Trinajstić information content (AvgIpc) is 2.96. The van der Waals surface area contributed by atoms with E-state index < -0.39 is 113 Å². The minimum atomic E-state index is -1.97. The fourth-order valence-corrected chi connectivity index (χ4v) is 4.84. The van der Waals surface area contributed by atoms with Crippen molar-refractivity contribution in [2.45, 2.75) is 68.3 Å². The molecule has 16 heteroatoms. The Morgan fingerprint density at radius 1 is 0.744 bits per heavy atom. The van der Waals surface area contributed by atoms with Crippen molar-refractivity contribution < 1.29 is 74.4 Å². The minimum Gasteiger partial charge on any atom is -0.508 e. The van der Waals surface area contributed by atoms with Gasteiger partial charge < -0.3 is 74.4 Å². The molecule has 0 radical (unpaired) electrons. The van der Waals surface area contributed by atoms with E-state index in [9.17, 15) is 55.9 Å². The van der Waals surface area contributed by atoms with E-state index in [-0.39, 0.29) is 11.1 Å². The zero-order chi connectivity index (χ0) is 31.3. The number of aliphatic hydroxyl groups is 6. The zero-order valence-electron chi connectivity index (χ0n) is 22.3. The zero-order valence-corrected chi connectivity index (χ0v) is 22.3. The van der Waals surface area contributed by atoms with Crippen LogP contribution in [0.2, 0.25) is 0 Å². The lowest BCUT2D eigenvalue weighted by molar-refractivity contribution is -0.318. The van der Waals surface area contributed by atoms with Crippen molar-refractivity contribution in [2.75, 3.05) is 6.61 Å². The molecule has 0 aliphatic carbocycles. The van der Waals surface area contributed by atoms with E-state index in [0.717, 1.165) is 24.3 Å². The van der Waals surface area contributed by atoms with Crippen LogP contribution in [0.1, 0.15) is 6.92 Å². The topological polar surface area (TPSA) is 269 Å². The quantitative estimate of drug-likeness (QED) is 0.140. The van der Waals surface area contributed by atoms with E-state index in [2.05, 4.69) is 0 Å². The third-order valence-electron chi connectivity index (χ3n) is 7.29. The van der Waals surface area contributed by atoms with Gasteiger partial charge >= 0.3 is 0 Å². The van der Waals surface area contributed by atoms with Gasteiger partial charge in [-0.15, -0.1) is 0 Å². The number of aliphatic hydroxyl groups excluding tert-OH is 6. The molecule has 0 amide bonds. The molecule has 1 aromatic heterocycles. The van der Waals surface area contributed by atoms with Gasteiger partial charge in [-0.1, -0.05) is 0 Å². The summed E-state index contributed by atoms with van der Waals surface area (Å²) in [6.07, 6.45) is -16.2. The summed E-state index contributed by atoms with van der Waals surface area (Å²) in [5, 5.41) is 101. The first-order chi connectivity index (χ1) is 20.3. The molecular formula is C27H30O16. The fourth-order valence-electron chi connectivity index (χ4n) is 4.84. The van der Waals surface area contributed by atoms with Crippen LogP contribution in [0, 0.1) is 0 Å². The van der Waals surface area contributed by atoms with Crippen molar-refractivity contribution in [1.29, 1.82) is 0 Å². The van der Waals surface area contributed by atoms with E-state index in [1.54, 1.807) is 0 Å². The highest BCUT2D eigenvalue weighted by Crippen LogP contribution is 2.39. The average molecular weight is 611 g/mol. The van der Waals surface area contributed by atoms with Crippen LogP contribution in [0.5, 0.6) is 28.7 Å².